The summed E-state index contributed by atoms with van der Waals surface area (Å²) in [6.07, 6.45) is 0. The van der Waals surface area contributed by atoms with Gasteiger partial charge in [0.15, 0.2) is 0 Å². The molecule has 0 aliphatic carbocycles. The molecule has 0 fully saturated rings. The first-order chi connectivity index (χ1) is 5.04. The molecule has 0 aliphatic rings. The number of amides is 2. The van der Waals surface area contributed by atoms with Crippen molar-refractivity contribution >= 4 is 6.03 Å². The Morgan fingerprint density at radius 2 is 2.09 bits per heavy atom. The van der Waals surface area contributed by atoms with Crippen LogP contribution in [0.5, 0.6) is 0 Å². The maximum absolute atomic E-state index is 10.8. The van der Waals surface area contributed by atoms with Gasteiger partial charge in [0, 0.05) is 14.1 Å². The number of rotatable bonds is 3. The van der Waals surface area contributed by atoms with Gasteiger partial charge in [-0.1, -0.05) is 13.8 Å². The largest absolute Gasteiger partial charge is 0.340 e. The molecule has 4 heteroatoms. The Balaban J connectivity index is 3.32. The van der Waals surface area contributed by atoms with E-state index in [2.05, 4.69) is 5.48 Å². The Morgan fingerprint density at radius 3 is 2.45 bits per heavy atom. The highest BCUT2D eigenvalue weighted by atomic mass is 16.7. The van der Waals surface area contributed by atoms with Crippen LogP contribution in [0.3, 0.4) is 0 Å². The van der Waals surface area contributed by atoms with Crippen molar-refractivity contribution < 1.29 is 9.63 Å². The van der Waals surface area contributed by atoms with Gasteiger partial charge in [-0.3, -0.25) is 4.84 Å². The molecule has 0 saturated carbocycles. The van der Waals surface area contributed by atoms with E-state index in [-0.39, 0.29) is 6.03 Å². The summed E-state index contributed by atoms with van der Waals surface area (Å²) in [4.78, 5) is 17.1. The smallest absolute Gasteiger partial charge is 0.329 e. The predicted molar refractivity (Wildman–Crippen MR) is 43.0 cm³/mol. The average molecular weight is 160 g/mol. The molecule has 2 amide bonds. The van der Waals surface area contributed by atoms with Gasteiger partial charge < -0.3 is 4.90 Å². The van der Waals surface area contributed by atoms with Crippen LogP contribution in [-0.2, 0) is 4.84 Å². The van der Waals surface area contributed by atoms with Crippen LogP contribution < -0.4 is 5.48 Å². The minimum atomic E-state index is -0.231. The fraction of sp³-hybridized carbons (Fsp3) is 0.857. The standard InChI is InChI=1S/C7H16N2O2/c1-6(2)5-11-8-7(10)9(3)4/h6H,5H2,1-4H3,(H,8,10). The summed E-state index contributed by atoms with van der Waals surface area (Å²) in [7, 11) is 3.32. The van der Waals surface area contributed by atoms with Crippen LogP contribution in [0, 0.1) is 5.92 Å². The fourth-order valence-electron chi connectivity index (χ4n) is 0.361. The molecular weight excluding hydrogens is 144 g/mol. The van der Waals surface area contributed by atoms with E-state index >= 15 is 0 Å². The molecule has 0 unspecified atom stereocenters. The van der Waals surface area contributed by atoms with Crippen LogP contribution in [0.1, 0.15) is 13.8 Å². The second-order valence-electron chi connectivity index (χ2n) is 3.01. The van der Waals surface area contributed by atoms with E-state index in [1.54, 1.807) is 14.1 Å². The van der Waals surface area contributed by atoms with Gasteiger partial charge in [-0.15, -0.1) is 0 Å². The lowest BCUT2D eigenvalue weighted by atomic mass is 10.2. The number of carbonyl (C=O) groups is 1. The Kier molecular flexibility index (Phi) is 4.61. The summed E-state index contributed by atoms with van der Waals surface area (Å²) in [5, 5.41) is 0. The molecule has 0 aromatic rings. The number of carbonyl (C=O) groups excluding carboxylic acids is 1. The first-order valence-electron chi connectivity index (χ1n) is 3.63. The van der Waals surface area contributed by atoms with Crippen LogP contribution in [0.2, 0.25) is 0 Å². The molecule has 0 aromatic heterocycles. The number of hydrogen-bond acceptors (Lipinski definition) is 2. The van der Waals surface area contributed by atoms with E-state index in [0.717, 1.165) is 0 Å². The highest BCUT2D eigenvalue weighted by Crippen LogP contribution is 1.89. The molecule has 1 N–H and O–H groups in total. The first-order valence-corrected chi connectivity index (χ1v) is 3.63. The zero-order valence-electron chi connectivity index (χ0n) is 7.55. The third kappa shape index (κ3) is 5.66. The van der Waals surface area contributed by atoms with Gasteiger partial charge in [0.1, 0.15) is 0 Å². The zero-order valence-corrected chi connectivity index (χ0v) is 7.55. The van der Waals surface area contributed by atoms with Crippen molar-refractivity contribution in [1.82, 2.24) is 10.4 Å². The molecule has 0 aliphatic heterocycles. The normalized spacial score (nSPS) is 9.91. The number of nitrogens with zero attached hydrogens (tertiary/aromatic N) is 1. The molecule has 0 saturated heterocycles. The van der Waals surface area contributed by atoms with Gasteiger partial charge in [-0.2, -0.15) is 0 Å². The SMILES string of the molecule is CC(C)CONC(=O)N(C)C. The van der Waals surface area contributed by atoms with E-state index in [1.165, 1.54) is 4.90 Å². The highest BCUT2D eigenvalue weighted by Gasteiger charge is 2.01. The maximum atomic E-state index is 10.8. The zero-order chi connectivity index (χ0) is 8.85. The lowest BCUT2D eigenvalue weighted by Crippen LogP contribution is -2.35. The molecule has 66 valence electrons. The molecule has 0 rings (SSSR count). The number of hydrogen-bond donors (Lipinski definition) is 1. The summed E-state index contributed by atoms with van der Waals surface area (Å²) >= 11 is 0. The minimum Gasteiger partial charge on any atom is -0.329 e. The molecular formula is C7H16N2O2. The van der Waals surface area contributed by atoms with E-state index in [1.807, 2.05) is 13.8 Å². The summed E-state index contributed by atoms with van der Waals surface area (Å²) < 4.78 is 0. The predicted octanol–water partition coefficient (Wildman–Crippen LogP) is 0.845. The summed E-state index contributed by atoms with van der Waals surface area (Å²) in [5.74, 6) is 0.428. The second kappa shape index (κ2) is 4.96. The summed E-state index contributed by atoms with van der Waals surface area (Å²) in [5.41, 5.74) is 2.30. The number of urea groups is 1. The molecule has 0 spiro atoms. The van der Waals surface area contributed by atoms with Crippen LogP contribution in [0.4, 0.5) is 4.79 Å². The van der Waals surface area contributed by atoms with Crippen molar-refractivity contribution in [3.63, 3.8) is 0 Å². The lowest BCUT2D eigenvalue weighted by molar-refractivity contribution is 0.0366. The van der Waals surface area contributed by atoms with Gasteiger partial charge in [-0.25, -0.2) is 10.3 Å². The van der Waals surface area contributed by atoms with Gasteiger partial charge >= 0.3 is 6.03 Å². The third-order valence-electron chi connectivity index (χ3n) is 0.982. The van der Waals surface area contributed by atoms with E-state index in [4.69, 9.17) is 4.84 Å². The Labute approximate surface area is 67.5 Å². The molecule has 4 nitrogen and oxygen atoms in total. The highest BCUT2D eigenvalue weighted by molar-refractivity contribution is 5.72. The molecule has 0 heterocycles. The van der Waals surface area contributed by atoms with E-state index in [9.17, 15) is 4.79 Å². The molecule has 0 bridgehead atoms. The first kappa shape index (κ1) is 10.2. The van der Waals surface area contributed by atoms with Crippen LogP contribution in [-0.4, -0.2) is 31.6 Å². The second-order valence-corrected chi connectivity index (χ2v) is 3.01. The van der Waals surface area contributed by atoms with Crippen molar-refractivity contribution in [3.05, 3.63) is 0 Å². The van der Waals surface area contributed by atoms with Gasteiger partial charge in [0.05, 0.1) is 6.61 Å². The quantitative estimate of drug-likeness (QED) is 0.622. The molecule has 0 aromatic carbocycles. The van der Waals surface area contributed by atoms with E-state index < -0.39 is 0 Å². The Bertz CT molecular complexity index is 124. The van der Waals surface area contributed by atoms with Crippen molar-refractivity contribution in [2.24, 2.45) is 5.92 Å². The average Bonchev–Trinajstić information content (AvgIpc) is 1.86. The van der Waals surface area contributed by atoms with Crippen molar-refractivity contribution in [2.45, 2.75) is 13.8 Å². The summed E-state index contributed by atoms with van der Waals surface area (Å²) in [6, 6.07) is -0.231. The van der Waals surface area contributed by atoms with Gasteiger partial charge in [-0.05, 0) is 5.92 Å². The monoisotopic (exact) mass is 160 g/mol. The molecule has 0 atom stereocenters. The van der Waals surface area contributed by atoms with Gasteiger partial charge in [0.2, 0.25) is 0 Å². The van der Waals surface area contributed by atoms with Crippen molar-refractivity contribution in [1.29, 1.82) is 0 Å². The Morgan fingerprint density at radius 1 is 1.55 bits per heavy atom. The van der Waals surface area contributed by atoms with Crippen LogP contribution in [0.25, 0.3) is 0 Å². The van der Waals surface area contributed by atoms with Gasteiger partial charge in [0.25, 0.3) is 0 Å². The summed E-state index contributed by atoms with van der Waals surface area (Å²) in [6.45, 7) is 4.57. The Hall–Kier alpha value is -0.770. The van der Waals surface area contributed by atoms with Crippen LogP contribution >= 0.6 is 0 Å². The van der Waals surface area contributed by atoms with Crippen molar-refractivity contribution in [3.8, 4) is 0 Å². The number of nitrogens with one attached hydrogen (secondary N) is 1. The lowest BCUT2D eigenvalue weighted by Gasteiger charge is -2.12. The number of hydroxylamine groups is 1. The van der Waals surface area contributed by atoms with E-state index in [0.29, 0.717) is 12.5 Å². The maximum Gasteiger partial charge on any atom is 0.340 e. The molecule has 11 heavy (non-hydrogen) atoms. The fourth-order valence-corrected chi connectivity index (χ4v) is 0.361. The van der Waals surface area contributed by atoms with Crippen molar-refractivity contribution in [2.75, 3.05) is 20.7 Å². The topological polar surface area (TPSA) is 41.6 Å². The molecule has 0 radical (unpaired) electrons. The third-order valence-corrected chi connectivity index (χ3v) is 0.982. The van der Waals surface area contributed by atoms with Crippen LogP contribution in [0.15, 0.2) is 0 Å². The minimum absolute atomic E-state index is 0.231.